The molecule has 65 heavy (non-hydrogen) atoms. The average molecular weight is 979 g/mol. The molecule has 0 aromatic heterocycles. The first-order valence-electron chi connectivity index (χ1n) is 18.9. The highest BCUT2D eigenvalue weighted by Crippen LogP contribution is 2.53. The first-order valence-corrected chi connectivity index (χ1v) is 18.9. The molecule has 0 aliphatic carbocycles. The van der Waals surface area contributed by atoms with Crippen LogP contribution in [0.2, 0.25) is 0 Å². The molecule has 0 radical (unpaired) electrons. The summed E-state index contributed by atoms with van der Waals surface area (Å²) in [6, 6.07) is 8.18. The molecule has 0 saturated carbocycles. The summed E-state index contributed by atoms with van der Waals surface area (Å²) in [7, 11) is 0. The van der Waals surface area contributed by atoms with E-state index in [9.17, 15) is 98.0 Å². The fourth-order valence-electron chi connectivity index (χ4n) is 5.67. The Balaban J connectivity index is 0.000000488. The second kappa shape index (κ2) is 19.0. The zero-order valence-electron chi connectivity index (χ0n) is 35.8. The van der Waals surface area contributed by atoms with E-state index in [4.69, 9.17) is 5.11 Å². The molecule has 0 heterocycles. The molecular formula is C42H46F20O3. The van der Waals surface area contributed by atoms with Crippen molar-refractivity contribution in [3.05, 3.63) is 106 Å². The van der Waals surface area contributed by atoms with E-state index in [1.807, 2.05) is 41.5 Å². The van der Waals surface area contributed by atoms with Gasteiger partial charge in [-0.3, -0.25) is 0 Å². The Bertz CT molecular complexity index is 1860. The zero-order valence-corrected chi connectivity index (χ0v) is 35.8. The number of halogens is 20. The lowest BCUT2D eigenvalue weighted by Gasteiger charge is -2.34. The van der Waals surface area contributed by atoms with Crippen molar-refractivity contribution >= 4 is 0 Å². The van der Waals surface area contributed by atoms with Gasteiger partial charge < -0.3 is 15.3 Å². The van der Waals surface area contributed by atoms with Gasteiger partial charge in [0.05, 0.1) is 5.56 Å². The molecule has 3 aromatic carbocycles. The fourth-order valence-corrected chi connectivity index (χ4v) is 5.67. The third-order valence-electron chi connectivity index (χ3n) is 11.5. The number of hydrogen-bond acceptors (Lipinski definition) is 3. The third-order valence-corrected chi connectivity index (χ3v) is 11.5. The van der Waals surface area contributed by atoms with E-state index in [1.54, 1.807) is 6.92 Å². The second-order valence-electron chi connectivity index (χ2n) is 16.8. The summed E-state index contributed by atoms with van der Waals surface area (Å²) in [6.45, 7) is 15.7. The number of benzene rings is 3. The minimum absolute atomic E-state index is 0.120. The molecule has 0 spiro atoms. The lowest BCUT2D eigenvalue weighted by Crippen LogP contribution is -2.55. The van der Waals surface area contributed by atoms with Crippen molar-refractivity contribution in [1.29, 1.82) is 0 Å². The molecule has 0 unspecified atom stereocenters. The first-order chi connectivity index (χ1) is 28.6. The summed E-state index contributed by atoms with van der Waals surface area (Å²) in [5.41, 5.74) is -20.9. The molecule has 0 aliphatic rings. The van der Waals surface area contributed by atoms with Gasteiger partial charge in [0.2, 0.25) is 0 Å². The van der Waals surface area contributed by atoms with Crippen LogP contribution in [0.4, 0.5) is 87.8 Å². The molecule has 3 rings (SSSR count). The molecule has 23 heteroatoms. The highest BCUT2D eigenvalue weighted by atomic mass is 19.4. The van der Waals surface area contributed by atoms with E-state index in [-0.39, 0.29) is 16.4 Å². The molecule has 372 valence electrons. The number of alkyl halides is 18. The van der Waals surface area contributed by atoms with Crippen LogP contribution in [-0.4, -0.2) is 52.4 Å². The monoisotopic (exact) mass is 978 g/mol. The highest BCUT2D eigenvalue weighted by molar-refractivity contribution is 5.37. The minimum Gasteiger partial charge on any atom is -0.369 e. The first kappa shape index (κ1) is 59.2. The SMILES string of the molecule is CCC(C)(C)c1cc(F)c(C(O)(C(F)(F)F)C(F)(F)F)c(F)c1.CCC(C)(C)c1ccc(C(O)(C(F)(F)F)C(F)(F)F)cc1.CCC(C)(C)c1ccc(C(O)(C(F)(F)F)C(F)(F)F)cc1. The number of rotatable bonds is 9. The molecule has 0 amide bonds. The van der Waals surface area contributed by atoms with Crippen molar-refractivity contribution in [3.8, 4) is 0 Å². The number of aliphatic hydroxyl groups is 3. The van der Waals surface area contributed by atoms with Crippen molar-refractivity contribution < 1.29 is 103 Å². The summed E-state index contributed by atoms with van der Waals surface area (Å²) in [5, 5.41) is 27.7. The molecule has 0 saturated heterocycles. The van der Waals surface area contributed by atoms with E-state index in [0.29, 0.717) is 66.8 Å². The largest absolute Gasteiger partial charge is 0.430 e. The molecule has 0 atom stereocenters. The van der Waals surface area contributed by atoms with Crippen LogP contribution in [0, 0.1) is 11.6 Å². The molecule has 3 aromatic rings. The zero-order chi connectivity index (χ0) is 51.8. The number of hydrogen-bond donors (Lipinski definition) is 3. The molecule has 0 aliphatic heterocycles. The Morgan fingerprint density at radius 2 is 0.508 bits per heavy atom. The Hall–Kier alpha value is -3.86. The van der Waals surface area contributed by atoms with Crippen LogP contribution < -0.4 is 0 Å². The predicted molar refractivity (Wildman–Crippen MR) is 197 cm³/mol. The topological polar surface area (TPSA) is 60.7 Å². The van der Waals surface area contributed by atoms with Crippen molar-refractivity contribution in [3.63, 3.8) is 0 Å². The van der Waals surface area contributed by atoms with E-state index < -0.39 is 87.6 Å². The minimum atomic E-state index is -6.35. The Morgan fingerprint density at radius 3 is 0.692 bits per heavy atom. The molecule has 0 bridgehead atoms. The highest BCUT2D eigenvalue weighted by Gasteiger charge is 2.74. The summed E-state index contributed by atoms with van der Waals surface area (Å²) in [6.07, 6.45) is -34.5. The Labute approximate surface area is 360 Å². The standard InChI is InChI=1S/C14H14F8O.2C14H16F6O/c1-4-11(2,3)7-5-8(15)10(9(16)6-7)12(23,13(17,18)19)14(20,21)22;2*1-4-11(2,3)9-5-7-10(8-6-9)12(21,13(15,16)17)14(18,19)20/h5-6,23H,4H2,1-3H3;2*5-8,21H,4H2,1-3H3. The van der Waals surface area contributed by atoms with Gasteiger partial charge in [-0.1, -0.05) is 111 Å². The van der Waals surface area contributed by atoms with E-state index in [0.717, 1.165) is 0 Å². The van der Waals surface area contributed by atoms with Crippen molar-refractivity contribution in [1.82, 2.24) is 0 Å². The van der Waals surface area contributed by atoms with E-state index >= 15 is 0 Å². The van der Waals surface area contributed by atoms with Crippen LogP contribution in [0.5, 0.6) is 0 Å². The van der Waals surface area contributed by atoms with Crippen LogP contribution in [0.15, 0.2) is 60.7 Å². The van der Waals surface area contributed by atoms with Crippen molar-refractivity contribution in [2.75, 3.05) is 0 Å². The van der Waals surface area contributed by atoms with E-state index in [2.05, 4.69) is 0 Å². The van der Waals surface area contributed by atoms with Gasteiger partial charge in [0.15, 0.2) is 0 Å². The molecule has 3 N–H and O–H groups in total. The van der Waals surface area contributed by atoms with Crippen LogP contribution in [-0.2, 0) is 33.0 Å². The van der Waals surface area contributed by atoms with Crippen LogP contribution in [0.25, 0.3) is 0 Å². The third kappa shape index (κ3) is 11.8. The molecular weight excluding hydrogens is 932 g/mol. The van der Waals surface area contributed by atoms with Crippen molar-refractivity contribution in [2.45, 2.75) is 152 Å². The maximum absolute atomic E-state index is 13.9. The average Bonchev–Trinajstić information content (AvgIpc) is 3.14. The van der Waals surface area contributed by atoms with Crippen LogP contribution in [0.1, 0.15) is 115 Å². The van der Waals surface area contributed by atoms with Gasteiger partial charge in [-0.05, 0) is 64.3 Å². The maximum Gasteiger partial charge on any atom is 0.430 e. The van der Waals surface area contributed by atoms with Gasteiger partial charge in [-0.15, -0.1) is 0 Å². The normalized spacial score (nSPS) is 14.3. The van der Waals surface area contributed by atoms with Gasteiger partial charge in [0, 0.05) is 11.1 Å². The predicted octanol–water partition coefficient (Wildman–Crippen LogP) is 14.3. The van der Waals surface area contributed by atoms with Gasteiger partial charge in [-0.25, -0.2) is 8.78 Å². The van der Waals surface area contributed by atoms with Gasteiger partial charge in [-0.2, -0.15) is 79.0 Å². The smallest absolute Gasteiger partial charge is 0.369 e. The second-order valence-corrected chi connectivity index (χ2v) is 16.8. The fraction of sp³-hybridized carbons (Fsp3) is 0.571. The van der Waals surface area contributed by atoms with E-state index in [1.165, 1.54) is 38.1 Å². The molecule has 0 fully saturated rings. The Kier molecular flexibility index (Phi) is 17.3. The molecule has 3 nitrogen and oxygen atoms in total. The quantitative estimate of drug-likeness (QED) is 0.187. The van der Waals surface area contributed by atoms with Gasteiger partial charge in [0.25, 0.3) is 16.8 Å². The summed E-state index contributed by atoms with van der Waals surface area (Å²) in [4.78, 5) is 0. The van der Waals surface area contributed by atoms with Crippen LogP contribution in [0.3, 0.4) is 0 Å². The van der Waals surface area contributed by atoms with Gasteiger partial charge in [0.1, 0.15) is 11.6 Å². The summed E-state index contributed by atoms with van der Waals surface area (Å²) < 4.78 is 257. The van der Waals surface area contributed by atoms with Crippen molar-refractivity contribution in [2.24, 2.45) is 0 Å². The lowest BCUT2D eigenvalue weighted by molar-refractivity contribution is -0.378. The summed E-state index contributed by atoms with van der Waals surface area (Å²) >= 11 is 0. The summed E-state index contributed by atoms with van der Waals surface area (Å²) in [5.74, 6) is -4.22. The maximum atomic E-state index is 13.9. The van der Waals surface area contributed by atoms with Gasteiger partial charge >= 0.3 is 37.1 Å². The van der Waals surface area contributed by atoms with Crippen LogP contribution >= 0.6 is 0 Å². The lowest BCUT2D eigenvalue weighted by atomic mass is 9.80. The Morgan fingerprint density at radius 1 is 0.323 bits per heavy atom.